The minimum Gasteiger partial charge on any atom is -0.360 e. The van der Waals surface area contributed by atoms with Crippen molar-refractivity contribution in [3.8, 4) is 0 Å². The minimum absolute atomic E-state index is 0.0900. The van der Waals surface area contributed by atoms with Crippen molar-refractivity contribution in [2.75, 3.05) is 42.9 Å². The molecule has 2 aromatic rings. The molecule has 28 heavy (non-hydrogen) atoms. The third-order valence-corrected chi connectivity index (χ3v) is 5.90. The number of carbonyl (C=O) groups is 2. The Morgan fingerprint density at radius 1 is 1.00 bits per heavy atom. The fraction of sp³-hybridized carbons (Fsp3) is 0.391. The molecule has 2 aromatic carbocycles. The molecule has 1 aliphatic heterocycles. The topological polar surface area (TPSA) is 53.9 Å². The molecule has 0 unspecified atom stereocenters. The number of carbonyl (C=O) groups excluding carboxylic acids is 2. The monoisotopic (exact) mass is 378 g/mol. The number of quaternary nitrogens is 1. The zero-order chi connectivity index (χ0) is 19.5. The number of nitrogens with one attached hydrogen (secondary N) is 2. The van der Waals surface area contributed by atoms with Crippen molar-refractivity contribution >= 4 is 23.1 Å². The third-order valence-electron chi connectivity index (χ3n) is 5.90. The Kier molecular flexibility index (Phi) is 5.44. The number of piperazine rings is 1. The lowest BCUT2D eigenvalue weighted by atomic mass is 10.1. The van der Waals surface area contributed by atoms with Crippen LogP contribution in [0, 0.1) is 0 Å². The second kappa shape index (κ2) is 8.15. The van der Waals surface area contributed by atoms with E-state index in [0.717, 1.165) is 56.0 Å². The van der Waals surface area contributed by atoms with Gasteiger partial charge in [0, 0.05) is 16.9 Å². The highest BCUT2D eigenvalue weighted by atomic mass is 16.2. The summed E-state index contributed by atoms with van der Waals surface area (Å²) in [6.07, 6.45) is 3.51. The molecule has 0 spiro atoms. The van der Waals surface area contributed by atoms with Crippen molar-refractivity contribution in [1.29, 1.82) is 0 Å². The summed E-state index contributed by atoms with van der Waals surface area (Å²) in [4.78, 5) is 27.5. The Hall–Kier alpha value is -2.66. The maximum absolute atomic E-state index is 12.5. The highest BCUT2D eigenvalue weighted by Crippen LogP contribution is 2.24. The van der Waals surface area contributed by atoms with Crippen LogP contribution in [0.1, 0.15) is 34.8 Å². The van der Waals surface area contributed by atoms with Crippen molar-refractivity contribution in [3.63, 3.8) is 0 Å². The van der Waals surface area contributed by atoms with Gasteiger partial charge in [-0.05, 0) is 73.7 Å². The lowest BCUT2D eigenvalue weighted by Crippen LogP contribution is -3.15. The molecule has 146 valence electrons. The molecule has 5 nitrogen and oxygen atoms in total. The van der Waals surface area contributed by atoms with E-state index in [1.807, 2.05) is 30.3 Å². The molecular weight excluding hydrogens is 350 g/mol. The molecule has 0 bridgehead atoms. The molecule has 0 aromatic heterocycles. The summed E-state index contributed by atoms with van der Waals surface area (Å²) >= 11 is 0. The molecule has 1 heterocycles. The van der Waals surface area contributed by atoms with E-state index in [0.29, 0.717) is 6.54 Å². The van der Waals surface area contributed by atoms with Gasteiger partial charge in [0.2, 0.25) is 0 Å². The summed E-state index contributed by atoms with van der Waals surface area (Å²) in [7, 11) is 0. The normalized spacial score (nSPS) is 16.7. The minimum atomic E-state index is 0.0900. The number of benzene rings is 2. The number of amides is 1. The molecule has 1 aliphatic carbocycles. The van der Waals surface area contributed by atoms with Crippen LogP contribution in [-0.4, -0.2) is 44.4 Å². The van der Waals surface area contributed by atoms with Gasteiger partial charge in [-0.1, -0.05) is 6.07 Å². The summed E-state index contributed by atoms with van der Waals surface area (Å²) < 4.78 is 0. The van der Waals surface area contributed by atoms with Gasteiger partial charge in [-0.25, -0.2) is 0 Å². The second-order valence-corrected chi connectivity index (χ2v) is 7.90. The SMILES string of the molecule is CC(=O)c1ccc(N2CC[NH+](CC(=O)Nc3ccc4c(c3)CCC4)CC2)cc1. The lowest BCUT2D eigenvalue weighted by molar-refractivity contribution is -0.892. The van der Waals surface area contributed by atoms with E-state index >= 15 is 0 Å². The lowest BCUT2D eigenvalue weighted by Gasteiger charge is -2.33. The Bertz CT molecular complexity index is 868. The van der Waals surface area contributed by atoms with E-state index in [-0.39, 0.29) is 11.7 Å². The third kappa shape index (κ3) is 4.25. The van der Waals surface area contributed by atoms with Crippen molar-refractivity contribution in [2.45, 2.75) is 26.2 Å². The molecule has 2 aliphatic rings. The van der Waals surface area contributed by atoms with Gasteiger partial charge in [0.25, 0.3) is 5.91 Å². The number of rotatable bonds is 5. The average Bonchev–Trinajstić information content (AvgIpc) is 3.16. The smallest absolute Gasteiger partial charge is 0.279 e. The Morgan fingerprint density at radius 2 is 1.71 bits per heavy atom. The van der Waals surface area contributed by atoms with E-state index in [1.54, 1.807) is 6.92 Å². The summed E-state index contributed by atoms with van der Waals surface area (Å²) in [5.41, 5.74) is 5.63. The quantitative estimate of drug-likeness (QED) is 0.779. The predicted molar refractivity (Wildman–Crippen MR) is 111 cm³/mol. The largest absolute Gasteiger partial charge is 0.360 e. The molecule has 4 rings (SSSR count). The standard InChI is InChI=1S/C23H27N3O2/c1-17(27)18-6-9-22(10-7-18)26-13-11-25(12-14-26)16-23(28)24-21-8-5-19-3-2-4-20(19)15-21/h5-10,15H,2-4,11-14,16H2,1H3,(H,24,28)/p+1. The Balaban J connectivity index is 1.27. The van der Waals surface area contributed by atoms with Gasteiger partial charge < -0.3 is 15.1 Å². The van der Waals surface area contributed by atoms with Crippen LogP contribution in [0.5, 0.6) is 0 Å². The Morgan fingerprint density at radius 3 is 2.43 bits per heavy atom. The van der Waals surface area contributed by atoms with E-state index in [2.05, 4.69) is 22.3 Å². The van der Waals surface area contributed by atoms with Crippen LogP contribution in [0.15, 0.2) is 42.5 Å². The second-order valence-electron chi connectivity index (χ2n) is 7.90. The fourth-order valence-corrected chi connectivity index (χ4v) is 4.25. The first kappa shape index (κ1) is 18.7. The maximum atomic E-state index is 12.5. The first-order valence-electron chi connectivity index (χ1n) is 10.2. The van der Waals surface area contributed by atoms with E-state index in [4.69, 9.17) is 0 Å². The van der Waals surface area contributed by atoms with Crippen LogP contribution in [0.25, 0.3) is 0 Å². The van der Waals surface area contributed by atoms with Gasteiger partial charge in [-0.2, -0.15) is 0 Å². The number of aryl methyl sites for hydroxylation is 2. The Labute approximate surface area is 166 Å². The molecule has 0 radical (unpaired) electrons. The number of hydrogen-bond acceptors (Lipinski definition) is 3. The van der Waals surface area contributed by atoms with Gasteiger partial charge in [-0.15, -0.1) is 0 Å². The summed E-state index contributed by atoms with van der Waals surface area (Å²) in [5.74, 6) is 0.183. The highest BCUT2D eigenvalue weighted by molar-refractivity contribution is 5.94. The molecule has 1 saturated heterocycles. The van der Waals surface area contributed by atoms with Crippen molar-refractivity contribution in [1.82, 2.24) is 0 Å². The molecular formula is C23H28N3O2+. The highest BCUT2D eigenvalue weighted by Gasteiger charge is 2.22. The molecule has 0 saturated carbocycles. The van der Waals surface area contributed by atoms with E-state index in [9.17, 15) is 9.59 Å². The van der Waals surface area contributed by atoms with Gasteiger partial charge in [0.05, 0.1) is 26.2 Å². The van der Waals surface area contributed by atoms with Crippen molar-refractivity contribution in [3.05, 3.63) is 59.2 Å². The molecule has 0 atom stereocenters. The zero-order valence-corrected chi connectivity index (χ0v) is 16.5. The zero-order valence-electron chi connectivity index (χ0n) is 16.5. The van der Waals surface area contributed by atoms with Crippen molar-refractivity contribution < 1.29 is 14.5 Å². The first-order valence-corrected chi connectivity index (χ1v) is 10.2. The summed E-state index contributed by atoms with van der Waals surface area (Å²) in [5, 5.41) is 3.07. The number of Topliss-reactive ketones (excluding diaryl/α,β-unsaturated/α-hetero) is 1. The predicted octanol–water partition coefficient (Wildman–Crippen LogP) is 1.72. The van der Waals surface area contributed by atoms with Gasteiger partial charge in [-0.3, -0.25) is 9.59 Å². The number of fused-ring (bicyclic) bond motifs is 1. The van der Waals surface area contributed by atoms with Crippen LogP contribution >= 0.6 is 0 Å². The number of anilines is 2. The first-order chi connectivity index (χ1) is 13.6. The fourth-order valence-electron chi connectivity index (χ4n) is 4.25. The average molecular weight is 378 g/mol. The van der Waals surface area contributed by atoms with Crippen LogP contribution < -0.4 is 15.1 Å². The number of ketones is 1. The van der Waals surface area contributed by atoms with Gasteiger partial charge in [0.1, 0.15) is 0 Å². The van der Waals surface area contributed by atoms with Gasteiger partial charge in [0.15, 0.2) is 12.3 Å². The van der Waals surface area contributed by atoms with Crippen LogP contribution in [-0.2, 0) is 17.6 Å². The molecule has 1 fully saturated rings. The maximum Gasteiger partial charge on any atom is 0.279 e. The van der Waals surface area contributed by atoms with Gasteiger partial charge >= 0.3 is 0 Å². The number of nitrogens with zero attached hydrogens (tertiary/aromatic N) is 1. The van der Waals surface area contributed by atoms with E-state index in [1.165, 1.54) is 22.4 Å². The van der Waals surface area contributed by atoms with Crippen LogP contribution in [0.2, 0.25) is 0 Å². The molecule has 5 heteroatoms. The van der Waals surface area contributed by atoms with E-state index < -0.39 is 0 Å². The van der Waals surface area contributed by atoms with Crippen LogP contribution in [0.3, 0.4) is 0 Å². The molecule has 2 N–H and O–H groups in total. The molecule has 1 amide bonds. The van der Waals surface area contributed by atoms with Crippen molar-refractivity contribution in [2.24, 2.45) is 0 Å². The summed E-state index contributed by atoms with van der Waals surface area (Å²) in [6, 6.07) is 14.1. The summed E-state index contributed by atoms with van der Waals surface area (Å²) in [6.45, 7) is 5.80. The number of hydrogen-bond donors (Lipinski definition) is 2. The van der Waals surface area contributed by atoms with Crippen LogP contribution in [0.4, 0.5) is 11.4 Å².